The minimum Gasteiger partial charge on any atom is -0.454 e. The lowest BCUT2D eigenvalue weighted by Crippen LogP contribution is -2.32. The van der Waals surface area contributed by atoms with E-state index in [1.54, 1.807) is 36.4 Å². The summed E-state index contributed by atoms with van der Waals surface area (Å²) in [5.41, 5.74) is 4.21. The number of rotatable bonds is 6. The Balaban J connectivity index is 1.16. The maximum atomic E-state index is 14.4. The van der Waals surface area contributed by atoms with Crippen LogP contribution >= 0.6 is 11.6 Å². The number of sulfonamides is 1. The van der Waals surface area contributed by atoms with Crippen LogP contribution in [0.2, 0.25) is 5.02 Å². The highest BCUT2D eigenvalue weighted by atomic mass is 35.5. The van der Waals surface area contributed by atoms with E-state index in [4.69, 9.17) is 35.6 Å². The van der Waals surface area contributed by atoms with Gasteiger partial charge in [0.25, 0.3) is 15.9 Å². The molecule has 0 spiro atoms. The van der Waals surface area contributed by atoms with Gasteiger partial charge in [0.1, 0.15) is 0 Å². The van der Waals surface area contributed by atoms with Gasteiger partial charge >= 0.3 is 0 Å². The molecule has 10 nitrogen and oxygen atoms in total. The SMILES string of the molecule is O=C(c1cccc(S(=O)(=O)Nc2ccc(Cl)cc2)c1)N1N=C2/C(=C\c3ccc4c(c3)OCO4)CCCC2C1c1ccc2c(c1)OCO2. The molecule has 1 aliphatic carbocycles. The Hall–Kier alpha value is -5.00. The van der Waals surface area contributed by atoms with E-state index in [2.05, 4.69) is 10.8 Å². The van der Waals surface area contributed by atoms with Crippen molar-refractivity contribution in [2.75, 3.05) is 18.3 Å². The lowest BCUT2D eigenvalue weighted by molar-refractivity contribution is 0.0680. The smallest absolute Gasteiger partial charge is 0.274 e. The molecular formula is C35H28ClN3O7S. The van der Waals surface area contributed by atoms with E-state index in [9.17, 15) is 13.2 Å². The Kier molecular flexibility index (Phi) is 7.30. The number of fused-ring (bicyclic) bond motifs is 3. The summed E-state index contributed by atoms with van der Waals surface area (Å²) >= 11 is 5.96. The number of halogens is 1. The zero-order chi connectivity index (χ0) is 32.1. The van der Waals surface area contributed by atoms with Crippen LogP contribution in [0, 0.1) is 5.92 Å². The second kappa shape index (κ2) is 11.7. The van der Waals surface area contributed by atoms with Gasteiger partial charge in [0.2, 0.25) is 13.6 Å². The van der Waals surface area contributed by atoms with Gasteiger partial charge in [0.05, 0.1) is 16.6 Å². The predicted molar refractivity (Wildman–Crippen MR) is 175 cm³/mol. The van der Waals surface area contributed by atoms with E-state index in [1.807, 2.05) is 36.4 Å². The Morgan fingerprint density at radius 1 is 0.872 bits per heavy atom. The van der Waals surface area contributed by atoms with Gasteiger partial charge in [-0.05, 0) is 109 Å². The monoisotopic (exact) mass is 669 g/mol. The van der Waals surface area contributed by atoms with Crippen molar-refractivity contribution in [1.29, 1.82) is 0 Å². The molecule has 12 heteroatoms. The summed E-state index contributed by atoms with van der Waals surface area (Å²) in [7, 11) is -4.01. The maximum absolute atomic E-state index is 14.4. The third-order valence-corrected chi connectivity index (χ3v) is 10.3. The number of benzene rings is 4. The molecule has 3 aliphatic heterocycles. The number of allylic oxidation sites excluding steroid dienone is 1. The van der Waals surface area contributed by atoms with Crippen LogP contribution in [0.15, 0.2) is 100 Å². The first-order valence-electron chi connectivity index (χ1n) is 15.1. The summed E-state index contributed by atoms with van der Waals surface area (Å²) < 4.78 is 51.5. The highest BCUT2D eigenvalue weighted by Gasteiger charge is 2.44. The van der Waals surface area contributed by atoms with Crippen molar-refractivity contribution in [3.8, 4) is 23.0 Å². The first kappa shape index (κ1) is 29.4. The van der Waals surface area contributed by atoms with Crippen LogP contribution in [0.3, 0.4) is 0 Å². The van der Waals surface area contributed by atoms with Gasteiger partial charge in [-0.2, -0.15) is 5.10 Å². The molecule has 8 rings (SSSR count). The largest absolute Gasteiger partial charge is 0.454 e. The molecular weight excluding hydrogens is 642 g/mol. The number of anilines is 1. The molecule has 1 fully saturated rings. The molecule has 238 valence electrons. The minimum atomic E-state index is -4.01. The summed E-state index contributed by atoms with van der Waals surface area (Å²) in [4.78, 5) is 14.3. The Morgan fingerprint density at radius 2 is 1.60 bits per heavy atom. The highest BCUT2D eigenvalue weighted by molar-refractivity contribution is 7.92. The van der Waals surface area contributed by atoms with E-state index < -0.39 is 22.0 Å². The van der Waals surface area contributed by atoms with Crippen LogP contribution in [0.25, 0.3) is 6.08 Å². The van der Waals surface area contributed by atoms with Gasteiger partial charge in [-0.25, -0.2) is 13.4 Å². The molecule has 1 amide bonds. The third-order valence-electron chi connectivity index (χ3n) is 8.67. The van der Waals surface area contributed by atoms with Crippen molar-refractivity contribution < 1.29 is 32.2 Å². The molecule has 4 aliphatic rings. The number of hydrogen-bond donors (Lipinski definition) is 1. The fourth-order valence-electron chi connectivity index (χ4n) is 6.46. The molecule has 47 heavy (non-hydrogen) atoms. The molecule has 2 atom stereocenters. The van der Waals surface area contributed by atoms with Crippen LogP contribution in [0.4, 0.5) is 5.69 Å². The average molecular weight is 670 g/mol. The molecule has 0 radical (unpaired) electrons. The van der Waals surface area contributed by atoms with Gasteiger partial charge in [0.15, 0.2) is 23.0 Å². The minimum absolute atomic E-state index is 0.0504. The number of nitrogens with zero attached hydrogens (tertiary/aromatic N) is 2. The fourth-order valence-corrected chi connectivity index (χ4v) is 7.69. The van der Waals surface area contributed by atoms with E-state index in [-0.39, 0.29) is 30.0 Å². The van der Waals surface area contributed by atoms with Crippen LogP contribution in [0.5, 0.6) is 23.0 Å². The maximum Gasteiger partial charge on any atom is 0.274 e. The molecule has 2 unspecified atom stereocenters. The standard InChI is InChI=1S/C35H28ClN3O7S/c36-25-9-11-26(12-10-25)38-47(41,42)27-5-1-4-24(17-27)35(40)39-34(23-8-14-30-32(18-23)46-20-44-30)28-6-2-3-22(33(28)37-39)15-21-7-13-29-31(16-21)45-19-43-29/h1,4-5,7-18,28,34,38H,2-3,6,19-20H2/b22-15-. The molecule has 1 N–H and O–H groups in total. The first-order valence-corrected chi connectivity index (χ1v) is 17.0. The molecule has 4 aromatic carbocycles. The third kappa shape index (κ3) is 5.55. The number of amides is 1. The topological polar surface area (TPSA) is 116 Å². The summed E-state index contributed by atoms with van der Waals surface area (Å²) in [6.45, 7) is 0.323. The molecule has 0 bridgehead atoms. The molecule has 1 saturated carbocycles. The summed E-state index contributed by atoms with van der Waals surface area (Å²) in [5.74, 6) is 2.14. The second-order valence-corrected chi connectivity index (χ2v) is 13.7. The highest BCUT2D eigenvalue weighted by Crippen LogP contribution is 2.47. The lowest BCUT2D eigenvalue weighted by atomic mass is 9.77. The van der Waals surface area contributed by atoms with Gasteiger partial charge in [0, 0.05) is 22.2 Å². The summed E-state index contributed by atoms with van der Waals surface area (Å²) in [5, 5.41) is 6.96. The van der Waals surface area contributed by atoms with Crippen molar-refractivity contribution in [2.45, 2.75) is 30.2 Å². The Labute approximate surface area is 276 Å². The quantitative estimate of drug-likeness (QED) is 0.234. The van der Waals surface area contributed by atoms with Crippen molar-refractivity contribution in [3.05, 3.63) is 112 Å². The number of hydrazone groups is 1. The van der Waals surface area contributed by atoms with Crippen molar-refractivity contribution in [3.63, 3.8) is 0 Å². The lowest BCUT2D eigenvalue weighted by Gasteiger charge is -2.30. The van der Waals surface area contributed by atoms with E-state index >= 15 is 0 Å². The Bertz CT molecular complexity index is 2080. The molecule has 0 saturated heterocycles. The van der Waals surface area contributed by atoms with Crippen LogP contribution in [0.1, 0.15) is 46.8 Å². The van der Waals surface area contributed by atoms with Crippen molar-refractivity contribution in [2.24, 2.45) is 11.0 Å². The van der Waals surface area contributed by atoms with Gasteiger partial charge in [-0.15, -0.1) is 0 Å². The molecule has 3 heterocycles. The average Bonchev–Trinajstić information content (AvgIpc) is 3.84. The fraction of sp³-hybridized carbons (Fsp3) is 0.200. The second-order valence-electron chi connectivity index (χ2n) is 11.6. The van der Waals surface area contributed by atoms with E-state index in [1.165, 1.54) is 17.1 Å². The zero-order valence-electron chi connectivity index (χ0n) is 24.9. The molecule has 4 aromatic rings. The first-order chi connectivity index (χ1) is 22.8. The summed E-state index contributed by atoms with van der Waals surface area (Å²) in [6, 6.07) is 23.4. The summed E-state index contributed by atoms with van der Waals surface area (Å²) in [6.07, 6.45) is 4.61. The van der Waals surface area contributed by atoms with Crippen molar-refractivity contribution >= 4 is 45.0 Å². The number of carbonyl (C=O) groups excluding carboxylic acids is 1. The van der Waals surface area contributed by atoms with Crippen LogP contribution < -0.4 is 23.7 Å². The normalized spacial score (nSPS) is 20.2. The van der Waals surface area contributed by atoms with Crippen LogP contribution in [-0.4, -0.2) is 38.6 Å². The molecule has 0 aromatic heterocycles. The number of hydrogen-bond acceptors (Lipinski definition) is 8. The number of carbonyl (C=O) groups is 1. The Morgan fingerprint density at radius 3 is 2.38 bits per heavy atom. The number of ether oxygens (including phenoxy) is 4. The van der Waals surface area contributed by atoms with Gasteiger partial charge in [-0.3, -0.25) is 9.52 Å². The van der Waals surface area contributed by atoms with E-state index in [0.29, 0.717) is 33.7 Å². The van der Waals surface area contributed by atoms with E-state index in [0.717, 1.165) is 41.7 Å². The van der Waals surface area contributed by atoms with Crippen LogP contribution in [-0.2, 0) is 10.0 Å². The van der Waals surface area contributed by atoms with Crippen molar-refractivity contribution in [1.82, 2.24) is 5.01 Å². The van der Waals surface area contributed by atoms with Gasteiger partial charge < -0.3 is 18.9 Å². The predicted octanol–water partition coefficient (Wildman–Crippen LogP) is 7.04. The number of nitrogens with one attached hydrogen (secondary N) is 1. The van der Waals surface area contributed by atoms with Gasteiger partial charge in [-0.1, -0.05) is 29.8 Å². The zero-order valence-corrected chi connectivity index (χ0v) is 26.5.